The van der Waals surface area contributed by atoms with Crippen LogP contribution in [-0.2, 0) is 29.4 Å². The lowest BCUT2D eigenvalue weighted by atomic mass is 10.1. The van der Waals surface area contributed by atoms with Gasteiger partial charge in [-0.2, -0.15) is 5.10 Å². The maximum absolute atomic E-state index is 13.0. The molecule has 0 aliphatic heterocycles. The summed E-state index contributed by atoms with van der Waals surface area (Å²) >= 11 is 0. The van der Waals surface area contributed by atoms with Gasteiger partial charge in [0.25, 0.3) is 5.91 Å². The number of benzene rings is 2. The lowest BCUT2D eigenvalue weighted by Crippen LogP contribution is -2.30. The Kier molecular flexibility index (Phi) is 6.17. The molecule has 0 fully saturated rings. The second kappa shape index (κ2) is 8.88. The molecule has 0 bridgehead atoms. The van der Waals surface area contributed by atoms with Gasteiger partial charge in [-0.25, -0.2) is 17.8 Å². The topological polar surface area (TPSA) is 93.1 Å². The van der Waals surface area contributed by atoms with Crippen molar-refractivity contribution in [2.75, 3.05) is 0 Å². The zero-order chi connectivity index (χ0) is 22.9. The van der Waals surface area contributed by atoms with Crippen LogP contribution in [0.15, 0.2) is 53.4 Å². The summed E-state index contributed by atoms with van der Waals surface area (Å²) < 4.78 is 29.3. The first-order valence-electron chi connectivity index (χ1n) is 10.8. The van der Waals surface area contributed by atoms with E-state index in [4.69, 9.17) is 0 Å². The fourth-order valence-corrected chi connectivity index (χ4v) is 5.31. The van der Waals surface area contributed by atoms with Crippen molar-refractivity contribution >= 4 is 15.9 Å². The van der Waals surface area contributed by atoms with Crippen molar-refractivity contribution in [1.29, 1.82) is 0 Å². The molecule has 0 saturated carbocycles. The van der Waals surface area contributed by atoms with E-state index < -0.39 is 10.0 Å². The highest BCUT2D eigenvalue weighted by atomic mass is 32.2. The summed E-state index contributed by atoms with van der Waals surface area (Å²) in [5, 5.41) is 7.54. The van der Waals surface area contributed by atoms with Crippen molar-refractivity contribution in [3.8, 4) is 5.69 Å². The fraction of sp³-hybridized carbons (Fsp3) is 0.333. The number of fused-ring (bicyclic) bond motifs is 1. The van der Waals surface area contributed by atoms with E-state index in [2.05, 4.69) is 15.1 Å². The first-order valence-corrected chi connectivity index (χ1v) is 12.3. The van der Waals surface area contributed by atoms with Crippen LogP contribution in [0.25, 0.3) is 5.69 Å². The monoisotopic (exact) mass is 452 g/mol. The van der Waals surface area contributed by atoms with E-state index in [1.165, 1.54) is 5.56 Å². The van der Waals surface area contributed by atoms with Crippen molar-refractivity contribution < 1.29 is 13.2 Å². The molecule has 168 valence electrons. The number of carbonyl (C=O) groups is 1. The van der Waals surface area contributed by atoms with Gasteiger partial charge in [0.1, 0.15) is 0 Å². The lowest BCUT2D eigenvalue weighted by Gasteiger charge is -2.11. The van der Waals surface area contributed by atoms with E-state index in [1.54, 1.807) is 38.1 Å². The van der Waals surface area contributed by atoms with Crippen LogP contribution in [0.2, 0.25) is 0 Å². The minimum absolute atomic E-state index is 0.183. The molecule has 0 spiro atoms. The average molecular weight is 453 g/mol. The Balaban J connectivity index is 1.53. The molecule has 32 heavy (non-hydrogen) atoms. The van der Waals surface area contributed by atoms with Crippen molar-refractivity contribution in [2.24, 2.45) is 0 Å². The molecule has 7 nitrogen and oxygen atoms in total. The lowest BCUT2D eigenvalue weighted by molar-refractivity contribution is 0.0944. The van der Waals surface area contributed by atoms with Crippen molar-refractivity contribution in [2.45, 2.75) is 57.5 Å². The van der Waals surface area contributed by atoms with E-state index in [-0.39, 0.29) is 23.4 Å². The maximum atomic E-state index is 13.0. The molecule has 1 aromatic heterocycles. The summed E-state index contributed by atoms with van der Waals surface area (Å²) in [4.78, 5) is 13.2. The SMILES string of the molecule is Cc1ccc(-n2nc(C(=O)NCc3cccc(S(=O)(=O)NC(C)C)c3)c3c2CCC3)cc1. The van der Waals surface area contributed by atoms with Gasteiger partial charge in [-0.3, -0.25) is 4.79 Å². The number of hydrogen-bond donors (Lipinski definition) is 2. The molecular formula is C24H28N4O3S. The minimum atomic E-state index is -3.59. The number of rotatable bonds is 7. The first-order chi connectivity index (χ1) is 15.2. The molecule has 2 aromatic carbocycles. The smallest absolute Gasteiger partial charge is 0.272 e. The highest BCUT2D eigenvalue weighted by Crippen LogP contribution is 2.28. The van der Waals surface area contributed by atoms with Crippen molar-refractivity contribution in [3.05, 3.63) is 76.6 Å². The number of aryl methyl sites for hydroxylation is 1. The zero-order valence-electron chi connectivity index (χ0n) is 18.6. The number of carbonyl (C=O) groups excluding carboxylic acids is 1. The third-order valence-electron chi connectivity index (χ3n) is 5.48. The second-order valence-electron chi connectivity index (χ2n) is 8.48. The summed E-state index contributed by atoms with van der Waals surface area (Å²) in [5.74, 6) is -0.248. The van der Waals surface area contributed by atoms with Gasteiger partial charge in [0.05, 0.1) is 10.6 Å². The number of hydrogen-bond acceptors (Lipinski definition) is 4. The van der Waals surface area contributed by atoms with Gasteiger partial charge in [0.2, 0.25) is 10.0 Å². The highest BCUT2D eigenvalue weighted by molar-refractivity contribution is 7.89. The molecule has 1 heterocycles. The van der Waals surface area contributed by atoms with Gasteiger partial charge in [-0.1, -0.05) is 29.8 Å². The number of amides is 1. The van der Waals surface area contributed by atoms with E-state index in [1.807, 2.05) is 35.9 Å². The van der Waals surface area contributed by atoms with Gasteiger partial charge in [-0.05, 0) is 69.9 Å². The molecule has 0 atom stereocenters. The van der Waals surface area contributed by atoms with Crippen LogP contribution in [0.4, 0.5) is 0 Å². The molecule has 1 aliphatic rings. The molecular weight excluding hydrogens is 424 g/mol. The molecule has 8 heteroatoms. The number of aromatic nitrogens is 2. The third-order valence-corrected chi connectivity index (χ3v) is 7.13. The molecule has 4 rings (SSSR count). The van der Waals surface area contributed by atoms with E-state index >= 15 is 0 Å². The van der Waals surface area contributed by atoms with Crippen LogP contribution < -0.4 is 10.0 Å². The Labute approximate surface area is 188 Å². The Hall–Kier alpha value is -2.97. The third kappa shape index (κ3) is 4.61. The molecule has 0 radical (unpaired) electrons. The predicted octanol–water partition coefficient (Wildman–Crippen LogP) is 3.29. The maximum Gasteiger partial charge on any atom is 0.272 e. The number of sulfonamides is 1. The van der Waals surface area contributed by atoms with E-state index in [0.29, 0.717) is 11.3 Å². The molecule has 1 aliphatic carbocycles. The first kappa shape index (κ1) is 22.2. The molecule has 0 unspecified atom stereocenters. The largest absolute Gasteiger partial charge is 0.347 e. The summed E-state index contributed by atoms with van der Waals surface area (Å²) in [7, 11) is -3.59. The summed E-state index contributed by atoms with van der Waals surface area (Å²) in [6.07, 6.45) is 2.73. The van der Waals surface area contributed by atoms with Crippen LogP contribution in [0.3, 0.4) is 0 Å². The van der Waals surface area contributed by atoms with Crippen molar-refractivity contribution in [1.82, 2.24) is 19.8 Å². The number of nitrogens with zero attached hydrogens (tertiary/aromatic N) is 2. The summed E-state index contributed by atoms with van der Waals surface area (Å²) in [5.41, 5.74) is 5.36. The van der Waals surface area contributed by atoms with E-state index in [0.717, 1.165) is 36.2 Å². The van der Waals surface area contributed by atoms with Gasteiger partial charge in [0, 0.05) is 23.8 Å². The van der Waals surface area contributed by atoms with Gasteiger partial charge in [-0.15, -0.1) is 0 Å². The van der Waals surface area contributed by atoms with Gasteiger partial charge in [0.15, 0.2) is 5.69 Å². The molecule has 1 amide bonds. The van der Waals surface area contributed by atoms with Gasteiger partial charge >= 0.3 is 0 Å². The quantitative estimate of drug-likeness (QED) is 0.575. The van der Waals surface area contributed by atoms with Crippen LogP contribution in [0, 0.1) is 6.92 Å². The van der Waals surface area contributed by atoms with E-state index in [9.17, 15) is 13.2 Å². The highest BCUT2D eigenvalue weighted by Gasteiger charge is 2.27. The Morgan fingerprint density at radius 1 is 1.12 bits per heavy atom. The number of nitrogens with one attached hydrogen (secondary N) is 2. The molecule has 2 N–H and O–H groups in total. The van der Waals surface area contributed by atoms with Crippen LogP contribution >= 0.6 is 0 Å². The normalized spacial score (nSPS) is 13.4. The fourth-order valence-electron chi connectivity index (χ4n) is 3.99. The Morgan fingerprint density at radius 2 is 1.88 bits per heavy atom. The van der Waals surface area contributed by atoms with Crippen molar-refractivity contribution in [3.63, 3.8) is 0 Å². The predicted molar refractivity (Wildman–Crippen MR) is 123 cm³/mol. The second-order valence-corrected chi connectivity index (χ2v) is 10.2. The van der Waals surface area contributed by atoms with Crippen LogP contribution in [-0.4, -0.2) is 30.1 Å². The van der Waals surface area contributed by atoms with Gasteiger partial charge < -0.3 is 5.32 Å². The average Bonchev–Trinajstić information content (AvgIpc) is 3.35. The summed E-state index contributed by atoms with van der Waals surface area (Å²) in [6, 6.07) is 14.5. The van der Waals surface area contributed by atoms with Crippen LogP contribution in [0.1, 0.15) is 53.1 Å². The van der Waals surface area contributed by atoms with Crippen LogP contribution in [0.5, 0.6) is 0 Å². The standard InChI is InChI=1S/C24H28N4O3S/c1-16(2)27-32(30,31)20-7-4-6-18(14-20)15-25-24(29)23-21-8-5-9-22(21)28(26-23)19-12-10-17(3)11-13-19/h4,6-7,10-14,16,27H,5,8-9,15H2,1-3H3,(H,25,29). The summed E-state index contributed by atoms with van der Waals surface area (Å²) in [6.45, 7) is 5.80. The Morgan fingerprint density at radius 3 is 2.59 bits per heavy atom. The minimum Gasteiger partial charge on any atom is -0.347 e. The molecule has 0 saturated heterocycles. The Bertz CT molecular complexity index is 1240. The molecule has 3 aromatic rings. The zero-order valence-corrected chi connectivity index (χ0v) is 19.4.